The van der Waals surface area contributed by atoms with Gasteiger partial charge in [-0.25, -0.2) is 0 Å². The third kappa shape index (κ3) is 3.47. The highest BCUT2D eigenvalue weighted by molar-refractivity contribution is 5.31. The van der Waals surface area contributed by atoms with Crippen LogP contribution < -0.4 is 10.5 Å². The molecule has 2 N–H and O–H groups in total. The molecule has 18 heavy (non-hydrogen) atoms. The molecule has 0 bridgehead atoms. The SMILES string of the molecule is Cc1ccccc1OCCN1CCC(N)C(C)C1. The minimum Gasteiger partial charge on any atom is -0.492 e. The predicted octanol–water partition coefficient (Wildman–Crippen LogP) is 2.04. The Morgan fingerprint density at radius 1 is 1.39 bits per heavy atom. The molecule has 0 aliphatic carbocycles. The van der Waals surface area contributed by atoms with Gasteiger partial charge in [0.2, 0.25) is 0 Å². The lowest BCUT2D eigenvalue weighted by Crippen LogP contribution is -2.46. The van der Waals surface area contributed by atoms with Crippen LogP contribution in [0.15, 0.2) is 24.3 Å². The van der Waals surface area contributed by atoms with Crippen LogP contribution in [0, 0.1) is 12.8 Å². The monoisotopic (exact) mass is 248 g/mol. The summed E-state index contributed by atoms with van der Waals surface area (Å²) in [5, 5.41) is 0. The van der Waals surface area contributed by atoms with Gasteiger partial charge in [-0.3, -0.25) is 4.90 Å². The van der Waals surface area contributed by atoms with E-state index in [1.807, 2.05) is 18.2 Å². The van der Waals surface area contributed by atoms with Crippen LogP contribution in [0.2, 0.25) is 0 Å². The third-order valence-electron chi connectivity index (χ3n) is 3.81. The minimum atomic E-state index is 0.374. The third-order valence-corrected chi connectivity index (χ3v) is 3.81. The molecule has 3 nitrogen and oxygen atoms in total. The summed E-state index contributed by atoms with van der Waals surface area (Å²) in [7, 11) is 0. The van der Waals surface area contributed by atoms with Gasteiger partial charge in [-0.1, -0.05) is 25.1 Å². The summed E-state index contributed by atoms with van der Waals surface area (Å²) in [6, 6.07) is 8.54. The van der Waals surface area contributed by atoms with Gasteiger partial charge in [0.05, 0.1) is 0 Å². The predicted molar refractivity (Wildman–Crippen MR) is 74.9 cm³/mol. The lowest BCUT2D eigenvalue weighted by atomic mass is 9.95. The van der Waals surface area contributed by atoms with Gasteiger partial charge in [-0.15, -0.1) is 0 Å². The van der Waals surface area contributed by atoms with Gasteiger partial charge in [0.15, 0.2) is 0 Å². The molecular formula is C15H24N2O. The van der Waals surface area contributed by atoms with Crippen LogP contribution in [0.4, 0.5) is 0 Å². The van der Waals surface area contributed by atoms with Gasteiger partial charge < -0.3 is 10.5 Å². The first-order valence-corrected chi connectivity index (χ1v) is 6.83. The van der Waals surface area contributed by atoms with Gasteiger partial charge >= 0.3 is 0 Å². The first-order valence-electron chi connectivity index (χ1n) is 6.83. The van der Waals surface area contributed by atoms with Crippen molar-refractivity contribution in [1.29, 1.82) is 0 Å². The Labute approximate surface area is 110 Å². The summed E-state index contributed by atoms with van der Waals surface area (Å²) in [6.07, 6.45) is 1.10. The number of nitrogens with two attached hydrogens (primary N) is 1. The van der Waals surface area contributed by atoms with Gasteiger partial charge in [0.1, 0.15) is 12.4 Å². The Morgan fingerprint density at radius 3 is 2.89 bits per heavy atom. The van der Waals surface area contributed by atoms with Crippen molar-refractivity contribution in [2.45, 2.75) is 26.3 Å². The summed E-state index contributed by atoms with van der Waals surface area (Å²) in [6.45, 7) is 8.26. The van der Waals surface area contributed by atoms with E-state index in [0.717, 1.165) is 38.4 Å². The van der Waals surface area contributed by atoms with Crippen LogP contribution in [-0.4, -0.2) is 37.2 Å². The van der Waals surface area contributed by atoms with E-state index in [1.165, 1.54) is 5.56 Å². The standard InChI is InChI=1S/C15H24N2O/c1-12-5-3-4-6-15(12)18-10-9-17-8-7-14(16)13(2)11-17/h3-6,13-14H,7-11,16H2,1-2H3. The molecule has 2 atom stereocenters. The molecule has 100 valence electrons. The van der Waals surface area contributed by atoms with Crippen LogP contribution in [0.1, 0.15) is 18.9 Å². The molecule has 1 saturated heterocycles. The number of hydrogen-bond acceptors (Lipinski definition) is 3. The molecule has 1 aromatic carbocycles. The van der Waals surface area contributed by atoms with E-state index in [2.05, 4.69) is 24.8 Å². The van der Waals surface area contributed by atoms with Crippen molar-refractivity contribution >= 4 is 0 Å². The summed E-state index contributed by atoms with van der Waals surface area (Å²) >= 11 is 0. The van der Waals surface area contributed by atoms with E-state index in [0.29, 0.717) is 12.0 Å². The maximum Gasteiger partial charge on any atom is 0.122 e. The fraction of sp³-hybridized carbons (Fsp3) is 0.600. The molecule has 1 aliphatic heterocycles. The van der Waals surface area contributed by atoms with Crippen molar-refractivity contribution in [3.63, 3.8) is 0 Å². The van der Waals surface area contributed by atoms with Crippen molar-refractivity contribution in [2.24, 2.45) is 11.7 Å². The maximum atomic E-state index is 6.02. The summed E-state index contributed by atoms with van der Waals surface area (Å²) in [5.74, 6) is 1.59. The van der Waals surface area contributed by atoms with Gasteiger partial charge in [0, 0.05) is 19.1 Å². The van der Waals surface area contributed by atoms with E-state index in [-0.39, 0.29) is 0 Å². The van der Waals surface area contributed by atoms with E-state index in [4.69, 9.17) is 10.5 Å². The van der Waals surface area contributed by atoms with Crippen molar-refractivity contribution in [1.82, 2.24) is 4.90 Å². The fourth-order valence-electron chi connectivity index (χ4n) is 2.46. The molecule has 0 saturated carbocycles. The molecule has 2 unspecified atom stereocenters. The number of nitrogens with zero attached hydrogens (tertiary/aromatic N) is 1. The zero-order valence-corrected chi connectivity index (χ0v) is 11.4. The second-order valence-electron chi connectivity index (χ2n) is 5.34. The lowest BCUT2D eigenvalue weighted by molar-refractivity contribution is 0.139. The van der Waals surface area contributed by atoms with Crippen LogP contribution in [0.3, 0.4) is 0 Å². The molecule has 3 heteroatoms. The number of likely N-dealkylation sites (tertiary alicyclic amines) is 1. The van der Waals surface area contributed by atoms with E-state index in [9.17, 15) is 0 Å². The molecular weight excluding hydrogens is 224 g/mol. The minimum absolute atomic E-state index is 0.374. The summed E-state index contributed by atoms with van der Waals surface area (Å²) in [4.78, 5) is 2.45. The quantitative estimate of drug-likeness (QED) is 0.886. The van der Waals surface area contributed by atoms with Crippen molar-refractivity contribution in [3.05, 3.63) is 29.8 Å². The number of rotatable bonds is 4. The normalized spacial score (nSPS) is 25.1. The number of para-hydroxylation sites is 1. The first-order chi connectivity index (χ1) is 8.66. The second-order valence-corrected chi connectivity index (χ2v) is 5.34. The van der Waals surface area contributed by atoms with E-state index in [1.54, 1.807) is 0 Å². The number of benzene rings is 1. The van der Waals surface area contributed by atoms with Crippen molar-refractivity contribution < 1.29 is 4.74 Å². The molecule has 0 amide bonds. The fourth-order valence-corrected chi connectivity index (χ4v) is 2.46. The van der Waals surface area contributed by atoms with Gasteiger partial charge in [-0.2, -0.15) is 0 Å². The lowest BCUT2D eigenvalue weighted by Gasteiger charge is -2.34. The summed E-state index contributed by atoms with van der Waals surface area (Å²) in [5.41, 5.74) is 7.22. The van der Waals surface area contributed by atoms with Crippen LogP contribution in [0.25, 0.3) is 0 Å². The second kappa shape index (κ2) is 6.21. The zero-order chi connectivity index (χ0) is 13.0. The molecule has 0 spiro atoms. The molecule has 0 radical (unpaired) electrons. The molecule has 1 fully saturated rings. The molecule has 2 rings (SSSR count). The molecule has 0 aromatic heterocycles. The van der Waals surface area contributed by atoms with Crippen LogP contribution in [0.5, 0.6) is 5.75 Å². The average molecular weight is 248 g/mol. The molecule has 1 aliphatic rings. The Morgan fingerprint density at radius 2 is 2.17 bits per heavy atom. The highest BCUT2D eigenvalue weighted by Gasteiger charge is 2.22. The van der Waals surface area contributed by atoms with Gasteiger partial charge in [-0.05, 0) is 37.4 Å². The number of ether oxygens (including phenoxy) is 1. The highest BCUT2D eigenvalue weighted by atomic mass is 16.5. The Balaban J connectivity index is 1.74. The number of hydrogen-bond donors (Lipinski definition) is 1. The van der Waals surface area contributed by atoms with Crippen molar-refractivity contribution in [2.75, 3.05) is 26.2 Å². The number of aryl methyl sites for hydroxylation is 1. The Bertz CT molecular complexity index is 381. The first kappa shape index (κ1) is 13.4. The van der Waals surface area contributed by atoms with Gasteiger partial charge in [0.25, 0.3) is 0 Å². The van der Waals surface area contributed by atoms with Crippen LogP contribution in [-0.2, 0) is 0 Å². The Kier molecular flexibility index (Phi) is 4.61. The number of piperidine rings is 1. The smallest absolute Gasteiger partial charge is 0.122 e. The zero-order valence-electron chi connectivity index (χ0n) is 11.4. The largest absolute Gasteiger partial charge is 0.492 e. The average Bonchev–Trinajstić information content (AvgIpc) is 2.36. The van der Waals surface area contributed by atoms with E-state index < -0.39 is 0 Å². The maximum absolute atomic E-state index is 6.02. The molecule has 1 aromatic rings. The topological polar surface area (TPSA) is 38.5 Å². The van der Waals surface area contributed by atoms with Crippen LogP contribution >= 0.6 is 0 Å². The summed E-state index contributed by atoms with van der Waals surface area (Å²) < 4.78 is 5.83. The van der Waals surface area contributed by atoms with Crippen molar-refractivity contribution in [3.8, 4) is 5.75 Å². The molecule has 1 heterocycles. The Hall–Kier alpha value is -1.06. The van der Waals surface area contributed by atoms with E-state index >= 15 is 0 Å². The highest BCUT2D eigenvalue weighted by Crippen LogP contribution is 2.17.